The van der Waals surface area contributed by atoms with Gasteiger partial charge in [0, 0.05) is 0 Å². The van der Waals surface area contributed by atoms with E-state index >= 15 is 0 Å². The van der Waals surface area contributed by atoms with Crippen molar-refractivity contribution in [3.05, 3.63) is 0 Å². The van der Waals surface area contributed by atoms with Crippen LogP contribution in [0.25, 0.3) is 0 Å². The highest BCUT2D eigenvalue weighted by molar-refractivity contribution is 8.15. The highest BCUT2D eigenvalue weighted by Gasteiger charge is 2.06. The van der Waals surface area contributed by atoms with Crippen molar-refractivity contribution in [2.24, 2.45) is 4.40 Å². The standard InChI is InChI=1S/C6H11NOS/c8-6-7-9-4-2-1-3-5-9/h9H,1-5H2. The fourth-order valence-electron chi connectivity index (χ4n) is 1.03. The molecule has 0 radical (unpaired) electrons. The van der Waals surface area contributed by atoms with Gasteiger partial charge in [0.15, 0.2) is 0 Å². The molecule has 52 valence electrons. The van der Waals surface area contributed by atoms with Gasteiger partial charge in [-0.05, 0) is 24.3 Å². The van der Waals surface area contributed by atoms with E-state index in [2.05, 4.69) is 4.40 Å². The predicted octanol–water partition coefficient (Wildman–Crippen LogP) is 1.42. The van der Waals surface area contributed by atoms with Gasteiger partial charge in [-0.3, -0.25) is 0 Å². The van der Waals surface area contributed by atoms with Crippen LogP contribution in [0.2, 0.25) is 0 Å². The zero-order chi connectivity index (χ0) is 6.53. The molecule has 0 atom stereocenters. The van der Waals surface area contributed by atoms with Gasteiger partial charge in [-0.1, -0.05) is 6.42 Å². The number of nitrogens with zero attached hydrogens (tertiary/aromatic N) is 1. The Balaban J connectivity index is 2.31. The molecule has 1 heterocycles. The molecule has 1 saturated heterocycles. The molecule has 0 aromatic carbocycles. The van der Waals surface area contributed by atoms with Crippen molar-refractivity contribution in [1.29, 1.82) is 0 Å². The number of thiol groups is 1. The van der Waals surface area contributed by atoms with Gasteiger partial charge in [-0.2, -0.15) is 4.40 Å². The molecule has 3 heteroatoms. The van der Waals surface area contributed by atoms with Gasteiger partial charge in [0.1, 0.15) is 0 Å². The lowest BCUT2D eigenvalue weighted by Gasteiger charge is -2.18. The Morgan fingerprint density at radius 3 is 2.44 bits per heavy atom. The van der Waals surface area contributed by atoms with Gasteiger partial charge in [0.05, 0.1) is 0 Å². The highest BCUT2D eigenvalue weighted by atomic mass is 32.2. The van der Waals surface area contributed by atoms with Gasteiger partial charge < -0.3 is 0 Å². The smallest absolute Gasteiger partial charge is 0.210 e. The van der Waals surface area contributed by atoms with E-state index in [0.29, 0.717) is 0 Å². The molecule has 1 fully saturated rings. The summed E-state index contributed by atoms with van der Waals surface area (Å²) in [6.45, 7) is 0. The second-order valence-corrected chi connectivity index (χ2v) is 4.31. The molecule has 0 bridgehead atoms. The van der Waals surface area contributed by atoms with Crippen LogP contribution < -0.4 is 0 Å². The van der Waals surface area contributed by atoms with E-state index in [0.717, 1.165) is 11.5 Å². The largest absolute Gasteiger partial charge is 0.245 e. The van der Waals surface area contributed by atoms with Crippen molar-refractivity contribution < 1.29 is 4.79 Å². The maximum Gasteiger partial charge on any atom is 0.245 e. The first-order valence-electron chi connectivity index (χ1n) is 3.26. The lowest BCUT2D eigenvalue weighted by molar-refractivity contribution is 0.566. The van der Waals surface area contributed by atoms with E-state index in [1.54, 1.807) is 6.08 Å². The van der Waals surface area contributed by atoms with E-state index < -0.39 is 0 Å². The van der Waals surface area contributed by atoms with Crippen molar-refractivity contribution in [2.45, 2.75) is 19.3 Å². The van der Waals surface area contributed by atoms with Crippen LogP contribution in [-0.2, 0) is 4.79 Å². The topological polar surface area (TPSA) is 29.4 Å². The van der Waals surface area contributed by atoms with E-state index in [4.69, 9.17) is 0 Å². The molecule has 1 rings (SSSR count). The number of carbonyl (C=O) groups excluding carboxylic acids is 1. The Kier molecular flexibility index (Phi) is 2.81. The lowest BCUT2D eigenvalue weighted by Crippen LogP contribution is -1.99. The normalized spacial score (nSPS) is 22.9. The summed E-state index contributed by atoms with van der Waals surface area (Å²) in [5.74, 6) is 2.31. The molecule has 9 heavy (non-hydrogen) atoms. The summed E-state index contributed by atoms with van der Waals surface area (Å²) in [5, 5.41) is 0. The van der Waals surface area contributed by atoms with E-state index in [1.165, 1.54) is 19.3 Å². The zero-order valence-corrected chi connectivity index (χ0v) is 6.23. The summed E-state index contributed by atoms with van der Waals surface area (Å²) < 4.78 is 3.74. The summed E-state index contributed by atoms with van der Waals surface area (Å²) in [6, 6.07) is 0. The number of hydrogen-bond donors (Lipinski definition) is 1. The summed E-state index contributed by atoms with van der Waals surface area (Å²) in [5.41, 5.74) is 0. The molecule has 0 unspecified atom stereocenters. The van der Waals surface area contributed by atoms with Crippen LogP contribution in [0.15, 0.2) is 4.40 Å². The number of isocyanates is 1. The molecule has 0 N–H and O–H groups in total. The van der Waals surface area contributed by atoms with Crippen molar-refractivity contribution in [1.82, 2.24) is 0 Å². The Labute approximate surface area is 57.8 Å². The first-order valence-corrected chi connectivity index (χ1v) is 4.93. The summed E-state index contributed by atoms with van der Waals surface area (Å²) in [6.07, 6.45) is 5.49. The van der Waals surface area contributed by atoms with Crippen molar-refractivity contribution >= 4 is 17.2 Å². The Morgan fingerprint density at radius 1 is 1.22 bits per heavy atom. The minimum atomic E-state index is -0.270. The van der Waals surface area contributed by atoms with Gasteiger partial charge in [0.25, 0.3) is 0 Å². The fraction of sp³-hybridized carbons (Fsp3) is 0.833. The second-order valence-electron chi connectivity index (χ2n) is 2.21. The molecule has 1 aliphatic heterocycles. The molecular formula is C6H11NOS. The minimum Gasteiger partial charge on any atom is -0.210 e. The lowest BCUT2D eigenvalue weighted by atomic mass is 10.3. The molecular weight excluding hydrogens is 134 g/mol. The van der Waals surface area contributed by atoms with Crippen LogP contribution in [-0.4, -0.2) is 17.6 Å². The highest BCUT2D eigenvalue weighted by Crippen LogP contribution is 2.33. The summed E-state index contributed by atoms with van der Waals surface area (Å²) in [7, 11) is 0. The summed E-state index contributed by atoms with van der Waals surface area (Å²) in [4.78, 5) is 9.80. The third-order valence-corrected chi connectivity index (χ3v) is 3.54. The molecule has 0 saturated carbocycles. The maximum absolute atomic E-state index is 9.80. The van der Waals surface area contributed by atoms with Gasteiger partial charge in [-0.25, -0.2) is 4.79 Å². The van der Waals surface area contributed by atoms with E-state index in [-0.39, 0.29) is 11.1 Å². The second kappa shape index (κ2) is 3.70. The minimum absolute atomic E-state index is 0.270. The first-order chi connectivity index (χ1) is 4.43. The van der Waals surface area contributed by atoms with Crippen LogP contribution in [0.4, 0.5) is 0 Å². The third kappa shape index (κ3) is 2.20. The van der Waals surface area contributed by atoms with Crippen LogP contribution >= 0.6 is 11.1 Å². The SMILES string of the molecule is O=C=N[SH]1CCCCC1. The molecule has 0 amide bonds. The molecule has 1 aliphatic rings. The molecule has 2 nitrogen and oxygen atoms in total. The maximum atomic E-state index is 9.80. The van der Waals surface area contributed by atoms with Crippen molar-refractivity contribution in [3.8, 4) is 0 Å². The van der Waals surface area contributed by atoms with E-state index in [1.807, 2.05) is 0 Å². The van der Waals surface area contributed by atoms with Gasteiger partial charge >= 0.3 is 0 Å². The quantitative estimate of drug-likeness (QED) is 0.337. The van der Waals surface area contributed by atoms with Gasteiger partial charge in [-0.15, -0.1) is 11.1 Å². The van der Waals surface area contributed by atoms with E-state index in [9.17, 15) is 4.79 Å². The molecule has 0 aliphatic carbocycles. The van der Waals surface area contributed by atoms with Crippen molar-refractivity contribution in [2.75, 3.05) is 11.5 Å². The fourth-order valence-corrected chi connectivity index (χ4v) is 2.75. The Hall–Kier alpha value is -0.270. The molecule has 0 aromatic rings. The van der Waals surface area contributed by atoms with Crippen molar-refractivity contribution in [3.63, 3.8) is 0 Å². The van der Waals surface area contributed by atoms with Crippen LogP contribution in [0.3, 0.4) is 0 Å². The van der Waals surface area contributed by atoms with Crippen LogP contribution in [0.1, 0.15) is 19.3 Å². The average Bonchev–Trinajstić information content (AvgIpc) is 1.91. The van der Waals surface area contributed by atoms with Crippen LogP contribution in [0, 0.1) is 0 Å². The van der Waals surface area contributed by atoms with Crippen LogP contribution in [0.5, 0.6) is 0 Å². The summed E-state index contributed by atoms with van der Waals surface area (Å²) >= 11 is -0.270. The van der Waals surface area contributed by atoms with Gasteiger partial charge in [0.2, 0.25) is 6.08 Å². The Morgan fingerprint density at radius 2 is 1.89 bits per heavy atom. The number of rotatable bonds is 1. The molecule has 0 spiro atoms. The number of hydrogen-bond acceptors (Lipinski definition) is 2. The Bertz CT molecular complexity index is 125. The average molecular weight is 145 g/mol. The first kappa shape index (κ1) is 6.84. The third-order valence-electron chi connectivity index (χ3n) is 1.51. The molecule has 0 aromatic heterocycles. The zero-order valence-electron chi connectivity index (χ0n) is 5.34. The monoisotopic (exact) mass is 145 g/mol. The predicted molar refractivity (Wildman–Crippen MR) is 40.7 cm³/mol.